The van der Waals surface area contributed by atoms with Crippen LogP contribution in [0.25, 0.3) is 32.9 Å². The van der Waals surface area contributed by atoms with Crippen molar-refractivity contribution in [1.29, 1.82) is 0 Å². The lowest BCUT2D eigenvalue weighted by molar-refractivity contribution is -0.122. The fraction of sp³-hybridized carbons (Fsp3) is 0.333. The molecule has 172 valence electrons. The van der Waals surface area contributed by atoms with Crippen LogP contribution >= 0.6 is 11.3 Å². The quantitative estimate of drug-likeness (QED) is 0.415. The summed E-state index contributed by atoms with van der Waals surface area (Å²) < 4.78 is 0. The zero-order chi connectivity index (χ0) is 22.9. The summed E-state index contributed by atoms with van der Waals surface area (Å²) in [5, 5.41) is 6.44. The van der Waals surface area contributed by atoms with Crippen molar-refractivity contribution >= 4 is 33.3 Å². The lowest BCUT2D eigenvalue weighted by Gasteiger charge is -2.33. The minimum absolute atomic E-state index is 0.215. The minimum Gasteiger partial charge on any atom is -0.356 e. The van der Waals surface area contributed by atoms with E-state index in [1.54, 1.807) is 17.5 Å². The third-order valence-electron chi connectivity index (χ3n) is 6.72. The van der Waals surface area contributed by atoms with Gasteiger partial charge in [-0.3, -0.25) is 9.78 Å². The number of fused-ring (bicyclic) bond motifs is 1. The first-order valence-corrected chi connectivity index (χ1v) is 12.9. The highest BCUT2D eigenvalue weighted by atomic mass is 32.1. The number of amides is 1. The van der Waals surface area contributed by atoms with Crippen LogP contribution in [0.15, 0.2) is 60.1 Å². The summed E-state index contributed by atoms with van der Waals surface area (Å²) in [6.45, 7) is 1.78. The van der Waals surface area contributed by atoms with E-state index in [0.29, 0.717) is 24.2 Å². The van der Waals surface area contributed by atoms with Crippen LogP contribution in [0.3, 0.4) is 0 Å². The largest absolute Gasteiger partial charge is 0.356 e. The fourth-order valence-corrected chi connectivity index (χ4v) is 5.66. The molecule has 0 radical (unpaired) electrons. The van der Waals surface area contributed by atoms with Crippen LogP contribution in [-0.2, 0) is 4.79 Å². The van der Waals surface area contributed by atoms with Crippen molar-refractivity contribution in [3.05, 3.63) is 60.1 Å². The molecule has 2 fully saturated rings. The molecule has 34 heavy (non-hydrogen) atoms. The predicted octanol–water partition coefficient (Wildman–Crippen LogP) is 5.31. The monoisotopic (exact) mass is 469 g/mol. The van der Waals surface area contributed by atoms with Gasteiger partial charge in [0.1, 0.15) is 16.3 Å². The Morgan fingerprint density at radius 1 is 1.00 bits per heavy atom. The molecule has 0 atom stereocenters. The summed E-state index contributed by atoms with van der Waals surface area (Å²) in [4.78, 5) is 30.1. The molecule has 1 N–H and O–H groups in total. The second-order valence-corrected chi connectivity index (χ2v) is 10.1. The summed E-state index contributed by atoms with van der Waals surface area (Å²) >= 11 is 1.66. The summed E-state index contributed by atoms with van der Waals surface area (Å²) in [5.74, 6) is 2.29. The average Bonchev–Trinajstić information content (AvgIpc) is 3.59. The molecule has 7 heteroatoms. The number of nitrogens with one attached hydrogen (secondary N) is 1. The number of hydrogen-bond acceptors (Lipinski definition) is 6. The van der Waals surface area contributed by atoms with Crippen molar-refractivity contribution < 1.29 is 4.79 Å². The van der Waals surface area contributed by atoms with Gasteiger partial charge >= 0.3 is 0 Å². The van der Waals surface area contributed by atoms with Crippen LogP contribution in [-0.4, -0.2) is 40.0 Å². The van der Waals surface area contributed by atoms with E-state index < -0.39 is 0 Å². The van der Waals surface area contributed by atoms with Crippen molar-refractivity contribution in [1.82, 2.24) is 20.3 Å². The van der Waals surface area contributed by atoms with Crippen molar-refractivity contribution in [3.8, 4) is 22.6 Å². The summed E-state index contributed by atoms with van der Waals surface area (Å²) in [6.07, 6.45) is 6.68. The van der Waals surface area contributed by atoms with Crippen LogP contribution in [0.4, 0.5) is 5.82 Å². The number of aromatic nitrogens is 3. The van der Waals surface area contributed by atoms with Gasteiger partial charge in [0.25, 0.3) is 0 Å². The van der Waals surface area contributed by atoms with Crippen molar-refractivity contribution in [2.24, 2.45) is 5.92 Å². The standard InChI is InChI=1S/C27H27N5OS/c33-23(29-20-9-10-20)16-18-11-14-32(15-12-18)26-24-21(19-6-2-1-3-7-19)17-34-27(24)31-25(30-26)22-8-4-5-13-28-22/h1-8,13,17-18,20H,9-12,14-16H2,(H,29,33). The number of pyridine rings is 1. The van der Waals surface area contributed by atoms with Gasteiger partial charge in [-0.2, -0.15) is 0 Å². The molecule has 6 nitrogen and oxygen atoms in total. The molecule has 3 aromatic heterocycles. The van der Waals surface area contributed by atoms with E-state index in [2.05, 4.69) is 44.8 Å². The molecular weight excluding hydrogens is 442 g/mol. The molecule has 1 saturated heterocycles. The maximum atomic E-state index is 12.3. The topological polar surface area (TPSA) is 71.0 Å². The number of piperidine rings is 1. The molecule has 0 spiro atoms. The lowest BCUT2D eigenvalue weighted by atomic mass is 9.93. The maximum Gasteiger partial charge on any atom is 0.220 e. The van der Waals surface area contributed by atoms with Crippen LogP contribution in [0.2, 0.25) is 0 Å². The summed E-state index contributed by atoms with van der Waals surface area (Å²) in [6, 6.07) is 16.7. The maximum absolute atomic E-state index is 12.3. The summed E-state index contributed by atoms with van der Waals surface area (Å²) in [7, 11) is 0. The van der Waals surface area contributed by atoms with Gasteiger partial charge in [0.2, 0.25) is 5.91 Å². The molecule has 1 aliphatic carbocycles. The Morgan fingerprint density at radius 2 is 1.79 bits per heavy atom. The zero-order valence-electron chi connectivity index (χ0n) is 19.0. The second-order valence-electron chi connectivity index (χ2n) is 9.26. The first-order chi connectivity index (χ1) is 16.7. The van der Waals surface area contributed by atoms with Crippen LogP contribution < -0.4 is 10.2 Å². The van der Waals surface area contributed by atoms with Gasteiger partial charge in [-0.25, -0.2) is 9.97 Å². The third kappa shape index (κ3) is 4.40. The van der Waals surface area contributed by atoms with Crippen molar-refractivity contribution in [2.45, 2.75) is 38.1 Å². The fourth-order valence-electron chi connectivity index (χ4n) is 4.72. The number of carbonyl (C=O) groups excluding carboxylic acids is 1. The van der Waals surface area contributed by atoms with E-state index in [0.717, 1.165) is 60.5 Å². The molecule has 4 heterocycles. The molecule has 0 bridgehead atoms. The minimum atomic E-state index is 0.215. The van der Waals surface area contributed by atoms with Gasteiger partial charge < -0.3 is 10.2 Å². The molecular formula is C27H27N5OS. The van der Waals surface area contributed by atoms with Gasteiger partial charge in [0, 0.05) is 42.7 Å². The van der Waals surface area contributed by atoms with Crippen molar-refractivity contribution in [2.75, 3.05) is 18.0 Å². The molecule has 1 saturated carbocycles. The van der Waals surface area contributed by atoms with E-state index in [1.165, 1.54) is 11.1 Å². The van der Waals surface area contributed by atoms with Crippen LogP contribution in [0, 0.1) is 5.92 Å². The SMILES string of the molecule is O=C(CC1CCN(c2nc(-c3ccccn3)nc3scc(-c4ccccc4)c23)CC1)NC1CC1. The Morgan fingerprint density at radius 3 is 2.53 bits per heavy atom. The van der Waals surface area contributed by atoms with Crippen LogP contribution in [0.5, 0.6) is 0 Å². The first-order valence-electron chi connectivity index (χ1n) is 12.0. The first kappa shape index (κ1) is 21.2. The Kier molecular flexibility index (Phi) is 5.71. The molecule has 6 rings (SSSR count). The normalized spacial score (nSPS) is 16.6. The molecule has 0 unspecified atom stereocenters. The van der Waals surface area contributed by atoms with Gasteiger partial charge in [0.05, 0.1) is 5.39 Å². The number of carbonyl (C=O) groups is 1. The summed E-state index contributed by atoms with van der Waals surface area (Å²) in [5.41, 5.74) is 3.14. The lowest BCUT2D eigenvalue weighted by Crippen LogP contribution is -2.37. The van der Waals surface area contributed by atoms with Gasteiger partial charge in [-0.1, -0.05) is 36.4 Å². The van der Waals surface area contributed by atoms with Crippen LogP contribution in [0.1, 0.15) is 32.1 Å². The van der Waals surface area contributed by atoms with Crippen molar-refractivity contribution in [3.63, 3.8) is 0 Å². The highest BCUT2D eigenvalue weighted by Crippen LogP contribution is 2.40. The smallest absolute Gasteiger partial charge is 0.220 e. The number of thiophene rings is 1. The predicted molar refractivity (Wildman–Crippen MR) is 137 cm³/mol. The number of anilines is 1. The Balaban J connectivity index is 1.33. The van der Waals surface area contributed by atoms with E-state index >= 15 is 0 Å². The Labute approximate surface area is 203 Å². The van der Waals surface area contributed by atoms with E-state index in [-0.39, 0.29) is 5.91 Å². The second kappa shape index (κ2) is 9.14. The molecule has 1 amide bonds. The molecule has 1 aliphatic heterocycles. The number of benzene rings is 1. The molecule has 4 aromatic rings. The van der Waals surface area contributed by atoms with Gasteiger partial charge in [-0.05, 0) is 49.3 Å². The highest BCUT2D eigenvalue weighted by molar-refractivity contribution is 7.17. The Bertz CT molecular complexity index is 1290. The number of rotatable bonds is 6. The van der Waals surface area contributed by atoms with E-state index in [9.17, 15) is 4.79 Å². The van der Waals surface area contributed by atoms with Gasteiger partial charge in [0.15, 0.2) is 5.82 Å². The molecule has 1 aromatic carbocycles. The van der Waals surface area contributed by atoms with E-state index in [1.807, 2.05) is 24.3 Å². The average molecular weight is 470 g/mol. The molecule has 2 aliphatic rings. The number of nitrogens with zero attached hydrogens (tertiary/aromatic N) is 4. The zero-order valence-corrected chi connectivity index (χ0v) is 19.8. The van der Waals surface area contributed by atoms with E-state index in [4.69, 9.17) is 9.97 Å². The third-order valence-corrected chi connectivity index (χ3v) is 7.60. The highest BCUT2D eigenvalue weighted by Gasteiger charge is 2.28. The Hall–Kier alpha value is -3.32. The van der Waals surface area contributed by atoms with Gasteiger partial charge in [-0.15, -0.1) is 11.3 Å². The number of hydrogen-bond donors (Lipinski definition) is 1.